The van der Waals surface area contributed by atoms with Gasteiger partial charge in [-0.25, -0.2) is 9.53 Å². The molecule has 2 aliphatic rings. The summed E-state index contributed by atoms with van der Waals surface area (Å²) >= 11 is 0. The smallest absolute Gasteiger partial charge is 0.227 e. The summed E-state index contributed by atoms with van der Waals surface area (Å²) in [6.45, 7) is 11.8. The number of carbonyl (C=O) groups is 1. The van der Waals surface area contributed by atoms with Crippen LogP contribution in [0.4, 0.5) is 5.69 Å². The highest BCUT2D eigenvalue weighted by molar-refractivity contribution is 5.79. The molecule has 174 valence electrons. The highest BCUT2D eigenvalue weighted by Gasteiger charge is 2.23. The zero-order valence-corrected chi connectivity index (χ0v) is 19.3. The Morgan fingerprint density at radius 2 is 1.88 bits per heavy atom. The van der Waals surface area contributed by atoms with Crippen LogP contribution in [0.1, 0.15) is 29.5 Å². The normalized spacial score (nSPS) is 18.3. The van der Waals surface area contributed by atoms with Gasteiger partial charge >= 0.3 is 0 Å². The van der Waals surface area contributed by atoms with Gasteiger partial charge in [0.05, 0.1) is 18.7 Å². The van der Waals surface area contributed by atoms with E-state index >= 15 is 0 Å². The molecule has 1 amide bonds. The van der Waals surface area contributed by atoms with Gasteiger partial charge in [-0.1, -0.05) is 35.9 Å². The number of aryl methyl sites for hydroxylation is 1. The zero-order valence-electron chi connectivity index (χ0n) is 19.3. The number of fused-ring (bicyclic) bond motifs is 1. The van der Waals surface area contributed by atoms with Crippen molar-refractivity contribution in [3.8, 4) is 5.69 Å². The topological polar surface area (TPSA) is 71.5 Å². The number of aromatic nitrogens is 4. The number of nitrogens with zero attached hydrogens (tertiary/aromatic N) is 7. The minimum atomic E-state index is 0.189. The summed E-state index contributed by atoms with van der Waals surface area (Å²) in [6, 6.07) is 14.0. The first kappa shape index (κ1) is 22.2. The van der Waals surface area contributed by atoms with Crippen molar-refractivity contribution < 1.29 is 4.79 Å². The van der Waals surface area contributed by atoms with Crippen LogP contribution in [0.5, 0.6) is 0 Å². The summed E-state index contributed by atoms with van der Waals surface area (Å²) < 4.78 is 1.60. The number of amides is 1. The maximum atomic E-state index is 12.8. The molecule has 0 N–H and O–H groups in total. The number of carbonyl (C=O) groups excluding carboxylic acids is 1. The van der Waals surface area contributed by atoms with Gasteiger partial charge in [0.25, 0.3) is 0 Å². The Morgan fingerprint density at radius 1 is 1.06 bits per heavy atom. The molecule has 1 aliphatic heterocycles. The number of tetrazole rings is 1. The van der Waals surface area contributed by atoms with Gasteiger partial charge in [0.1, 0.15) is 6.33 Å². The van der Waals surface area contributed by atoms with Crippen LogP contribution in [-0.2, 0) is 24.1 Å². The van der Waals surface area contributed by atoms with E-state index in [4.69, 9.17) is 6.57 Å². The minimum Gasteiger partial charge on any atom is -0.340 e. The van der Waals surface area contributed by atoms with E-state index in [1.54, 1.807) is 11.0 Å². The zero-order chi connectivity index (χ0) is 23.3. The number of rotatable bonds is 6. The Labute approximate surface area is 200 Å². The fourth-order valence-corrected chi connectivity index (χ4v) is 5.05. The minimum absolute atomic E-state index is 0.189. The maximum Gasteiger partial charge on any atom is 0.227 e. The maximum absolute atomic E-state index is 12.8. The molecule has 0 bridgehead atoms. The third-order valence-electron chi connectivity index (χ3n) is 7.13. The molecule has 0 saturated carbocycles. The predicted molar refractivity (Wildman–Crippen MR) is 129 cm³/mol. The van der Waals surface area contributed by atoms with E-state index in [2.05, 4.69) is 37.4 Å². The van der Waals surface area contributed by atoms with Gasteiger partial charge in [-0.05, 0) is 71.8 Å². The lowest BCUT2D eigenvalue weighted by Gasteiger charge is -2.36. The highest BCUT2D eigenvalue weighted by atomic mass is 16.2. The molecule has 2 aromatic carbocycles. The van der Waals surface area contributed by atoms with Crippen molar-refractivity contribution >= 4 is 11.6 Å². The molecular weight excluding hydrogens is 426 g/mol. The summed E-state index contributed by atoms with van der Waals surface area (Å²) in [5.41, 5.74) is 5.42. The van der Waals surface area contributed by atoms with E-state index in [-0.39, 0.29) is 5.91 Å². The monoisotopic (exact) mass is 455 g/mol. The number of piperazine rings is 1. The molecular formula is C26H29N7O. The predicted octanol–water partition coefficient (Wildman–Crippen LogP) is 3.09. The van der Waals surface area contributed by atoms with Crippen LogP contribution in [-0.4, -0.2) is 68.6 Å². The van der Waals surface area contributed by atoms with Gasteiger partial charge in [-0.3, -0.25) is 9.69 Å². The van der Waals surface area contributed by atoms with E-state index in [0.717, 1.165) is 62.5 Å². The second-order valence-electron chi connectivity index (χ2n) is 9.28. The largest absolute Gasteiger partial charge is 0.340 e. The van der Waals surface area contributed by atoms with Gasteiger partial charge in [-0.15, -0.1) is 5.10 Å². The Bertz CT molecular complexity index is 1160. The molecule has 0 spiro atoms. The molecule has 0 radical (unpaired) electrons. The van der Waals surface area contributed by atoms with Crippen LogP contribution >= 0.6 is 0 Å². The van der Waals surface area contributed by atoms with Gasteiger partial charge in [0.15, 0.2) is 5.69 Å². The molecule has 1 fully saturated rings. The van der Waals surface area contributed by atoms with Crippen molar-refractivity contribution in [1.29, 1.82) is 0 Å². The van der Waals surface area contributed by atoms with Crippen LogP contribution in [0, 0.1) is 12.5 Å². The molecule has 1 unspecified atom stereocenters. The molecule has 2 heterocycles. The fraction of sp³-hybridized carbons (Fsp3) is 0.423. The Kier molecular flexibility index (Phi) is 6.63. The van der Waals surface area contributed by atoms with E-state index in [9.17, 15) is 4.79 Å². The lowest BCUT2D eigenvalue weighted by molar-refractivity contribution is -0.132. The SMILES string of the molecule is [C-]#[N+]c1ccc2c(c1)CC(CCN1CCN(C(=O)Cc3ccc(-n4cnnn4)cc3)CC1)CC2. The van der Waals surface area contributed by atoms with Gasteiger partial charge in [0, 0.05) is 26.2 Å². The number of benzene rings is 2. The lowest BCUT2D eigenvalue weighted by atomic mass is 9.82. The first-order chi connectivity index (χ1) is 16.7. The van der Waals surface area contributed by atoms with Crippen molar-refractivity contribution in [2.75, 3.05) is 32.7 Å². The summed E-state index contributed by atoms with van der Waals surface area (Å²) in [5.74, 6) is 0.874. The third kappa shape index (κ3) is 5.15. The molecule has 1 saturated heterocycles. The van der Waals surface area contributed by atoms with Crippen molar-refractivity contribution in [2.45, 2.75) is 32.1 Å². The van der Waals surface area contributed by atoms with Crippen molar-refractivity contribution in [2.24, 2.45) is 5.92 Å². The summed E-state index contributed by atoms with van der Waals surface area (Å²) in [6.07, 6.45) is 6.60. The first-order valence-corrected chi connectivity index (χ1v) is 12.0. The van der Waals surface area contributed by atoms with E-state index in [1.165, 1.54) is 24.0 Å². The van der Waals surface area contributed by atoms with Gasteiger partial charge in [-0.2, -0.15) is 0 Å². The quantitative estimate of drug-likeness (QED) is 0.534. The van der Waals surface area contributed by atoms with Crippen molar-refractivity contribution in [3.05, 3.63) is 76.9 Å². The fourth-order valence-electron chi connectivity index (χ4n) is 5.05. The molecule has 8 heteroatoms. The first-order valence-electron chi connectivity index (χ1n) is 12.0. The Morgan fingerprint density at radius 3 is 2.62 bits per heavy atom. The Hall–Kier alpha value is -3.57. The van der Waals surface area contributed by atoms with Crippen LogP contribution in [0.25, 0.3) is 10.5 Å². The lowest BCUT2D eigenvalue weighted by Crippen LogP contribution is -2.49. The van der Waals surface area contributed by atoms with Gasteiger partial charge in [0.2, 0.25) is 5.91 Å². The molecule has 3 aromatic rings. The highest BCUT2D eigenvalue weighted by Crippen LogP contribution is 2.30. The van der Waals surface area contributed by atoms with Crippen molar-refractivity contribution in [1.82, 2.24) is 30.0 Å². The standard InChI is InChI=1S/C26H29N7O/c1-27-24-7-6-22-5-2-21(16-23(22)18-24)10-11-31-12-14-32(15-13-31)26(34)17-20-3-8-25(9-4-20)33-19-28-29-30-33/h3-4,6-9,18-19,21H,2,5,10-17H2. The second-order valence-corrected chi connectivity index (χ2v) is 9.28. The third-order valence-corrected chi connectivity index (χ3v) is 7.13. The van der Waals surface area contributed by atoms with Crippen molar-refractivity contribution in [3.63, 3.8) is 0 Å². The van der Waals surface area contributed by atoms with Crippen LogP contribution < -0.4 is 0 Å². The van der Waals surface area contributed by atoms with E-state index in [0.29, 0.717) is 12.3 Å². The average molecular weight is 456 g/mol. The Balaban J connectivity index is 1.06. The number of hydrogen-bond donors (Lipinski definition) is 0. The molecule has 8 nitrogen and oxygen atoms in total. The molecule has 1 aromatic heterocycles. The summed E-state index contributed by atoms with van der Waals surface area (Å²) in [4.78, 5) is 20.9. The summed E-state index contributed by atoms with van der Waals surface area (Å²) in [5, 5.41) is 11.2. The number of hydrogen-bond acceptors (Lipinski definition) is 5. The molecule has 1 aliphatic carbocycles. The van der Waals surface area contributed by atoms with E-state index < -0.39 is 0 Å². The van der Waals surface area contributed by atoms with Gasteiger partial charge < -0.3 is 4.90 Å². The second kappa shape index (κ2) is 10.1. The van der Waals surface area contributed by atoms with Crippen LogP contribution in [0.2, 0.25) is 0 Å². The molecule has 1 atom stereocenters. The van der Waals surface area contributed by atoms with Crippen LogP contribution in [0.3, 0.4) is 0 Å². The van der Waals surface area contributed by atoms with Crippen LogP contribution in [0.15, 0.2) is 48.8 Å². The summed E-state index contributed by atoms with van der Waals surface area (Å²) in [7, 11) is 0. The molecule has 5 rings (SSSR count). The average Bonchev–Trinajstić information content (AvgIpc) is 3.43. The van der Waals surface area contributed by atoms with E-state index in [1.807, 2.05) is 35.2 Å². The molecule has 34 heavy (non-hydrogen) atoms.